The van der Waals surface area contributed by atoms with Crippen LogP contribution in [0.1, 0.15) is 88.8 Å². The fourth-order valence-corrected chi connectivity index (χ4v) is 5.24. The highest BCUT2D eigenvalue weighted by Crippen LogP contribution is 2.53. The first-order valence-electron chi connectivity index (χ1n) is 11.5. The second-order valence-corrected chi connectivity index (χ2v) is 13.6. The number of nitrogens with one attached hydrogen (secondary N) is 2. The topological polar surface area (TPSA) is 109 Å². The van der Waals surface area contributed by atoms with E-state index in [0.29, 0.717) is 11.5 Å². The Bertz CT molecular complexity index is 1060. The normalized spacial score (nSPS) is 13.9. The molecule has 0 fully saturated rings. The van der Waals surface area contributed by atoms with Crippen molar-refractivity contribution < 1.29 is 4.74 Å². The number of benzene rings is 2. The summed E-state index contributed by atoms with van der Waals surface area (Å²) in [6, 6.07) is 8.97. The second kappa shape index (κ2) is 11.7. The summed E-state index contributed by atoms with van der Waals surface area (Å²) in [6.07, 6.45) is 0. The van der Waals surface area contributed by atoms with Gasteiger partial charge in [-0.25, -0.2) is 0 Å². The minimum Gasteiger partial charge on any atom is -0.456 e. The molecule has 0 spiro atoms. The first kappa shape index (κ1) is 32.9. The van der Waals surface area contributed by atoms with Crippen molar-refractivity contribution in [1.29, 1.82) is 10.8 Å². The molecule has 2 aromatic carbocycles. The van der Waals surface area contributed by atoms with Crippen LogP contribution >= 0.6 is 57.5 Å². The van der Waals surface area contributed by atoms with Crippen molar-refractivity contribution in [3.8, 4) is 11.5 Å². The molecule has 0 bridgehead atoms. The molecular formula is C27H40Br2N4OS2. The van der Waals surface area contributed by atoms with Crippen LogP contribution in [0.2, 0.25) is 0 Å². The zero-order chi connectivity index (χ0) is 25.6. The van der Waals surface area contributed by atoms with Gasteiger partial charge < -0.3 is 16.2 Å². The molecule has 0 saturated carbocycles. The molecule has 2 aromatic rings. The molecule has 5 nitrogen and oxygen atoms in total. The zero-order valence-corrected chi connectivity index (χ0v) is 27.5. The maximum absolute atomic E-state index is 7.73. The van der Waals surface area contributed by atoms with E-state index in [1.54, 1.807) is 0 Å². The van der Waals surface area contributed by atoms with E-state index in [4.69, 9.17) is 27.0 Å². The molecule has 0 saturated heterocycles. The number of nitrogens with two attached hydrogens (primary N) is 2. The van der Waals surface area contributed by atoms with Crippen LogP contribution in [0.25, 0.3) is 0 Å². The van der Waals surface area contributed by atoms with Gasteiger partial charge in [-0.3, -0.25) is 10.8 Å². The van der Waals surface area contributed by atoms with Crippen LogP contribution in [0.4, 0.5) is 0 Å². The average molecular weight is 661 g/mol. The van der Waals surface area contributed by atoms with Gasteiger partial charge in [-0.15, -0.1) is 34.0 Å². The molecule has 0 radical (unpaired) electrons. The van der Waals surface area contributed by atoms with E-state index < -0.39 is 0 Å². The van der Waals surface area contributed by atoms with Crippen molar-refractivity contribution in [2.75, 3.05) is 0 Å². The highest BCUT2D eigenvalue weighted by Gasteiger charge is 2.39. The van der Waals surface area contributed by atoms with Gasteiger partial charge in [0.25, 0.3) is 0 Å². The summed E-state index contributed by atoms with van der Waals surface area (Å²) in [5.41, 5.74) is 17.9. The van der Waals surface area contributed by atoms with Crippen molar-refractivity contribution in [1.82, 2.24) is 0 Å². The van der Waals surface area contributed by atoms with Crippen LogP contribution in [0.3, 0.4) is 0 Å². The monoisotopic (exact) mass is 658 g/mol. The highest BCUT2D eigenvalue weighted by molar-refractivity contribution is 8.93. The standard InChI is InChI=1S/C27H38N4OS2.2BrH/c1-25(2,3)17-9-15(13-33-23(28)29)21-19(11-17)27(7,8)20-12-18(26(4,5)6)10-16(22(20)32-21)14-34-24(30)31;;/h9-12H,13-14H2,1-8H3,(H3,28,29)(H3,30,31);2*1H. The molecule has 0 amide bonds. The Morgan fingerprint density at radius 2 is 1.08 bits per heavy atom. The number of fused-ring (bicyclic) bond motifs is 2. The van der Waals surface area contributed by atoms with Gasteiger partial charge in [-0.2, -0.15) is 0 Å². The molecule has 1 aliphatic rings. The summed E-state index contributed by atoms with van der Waals surface area (Å²) in [5, 5.41) is 15.7. The number of rotatable bonds is 4. The van der Waals surface area contributed by atoms with Crippen LogP contribution < -0.4 is 16.2 Å². The van der Waals surface area contributed by atoms with Crippen molar-refractivity contribution in [3.63, 3.8) is 0 Å². The van der Waals surface area contributed by atoms with Crippen molar-refractivity contribution in [2.24, 2.45) is 11.5 Å². The van der Waals surface area contributed by atoms with Crippen molar-refractivity contribution >= 4 is 67.8 Å². The summed E-state index contributed by atoms with van der Waals surface area (Å²) >= 11 is 2.63. The molecular weight excluding hydrogens is 620 g/mol. The lowest BCUT2D eigenvalue weighted by Crippen LogP contribution is -2.28. The van der Waals surface area contributed by atoms with Crippen molar-refractivity contribution in [2.45, 2.75) is 83.1 Å². The maximum atomic E-state index is 7.73. The number of hydrogen-bond donors (Lipinski definition) is 4. The van der Waals surface area contributed by atoms with E-state index in [1.165, 1.54) is 34.7 Å². The fraction of sp³-hybridized carbons (Fsp3) is 0.481. The van der Waals surface area contributed by atoms with E-state index >= 15 is 0 Å². The predicted octanol–water partition coefficient (Wildman–Crippen LogP) is 8.12. The van der Waals surface area contributed by atoms with Crippen LogP contribution in [0.15, 0.2) is 24.3 Å². The van der Waals surface area contributed by atoms with Crippen LogP contribution in [-0.4, -0.2) is 10.3 Å². The Kier molecular flexibility index (Phi) is 10.7. The zero-order valence-electron chi connectivity index (χ0n) is 22.4. The summed E-state index contributed by atoms with van der Waals surface area (Å²) in [7, 11) is 0. The molecule has 0 aliphatic carbocycles. The number of ether oxygens (including phenoxy) is 1. The molecule has 36 heavy (non-hydrogen) atoms. The SMILES string of the molecule is Br.Br.CC(C)(C)c1cc(CSC(=N)N)c2c(c1)C(C)(C)c1cc(C(C)(C)C)cc(CSC(=N)N)c1O2. The van der Waals surface area contributed by atoms with E-state index in [2.05, 4.69) is 79.7 Å². The third kappa shape index (κ3) is 7.03. The molecule has 1 heterocycles. The summed E-state index contributed by atoms with van der Waals surface area (Å²) < 4.78 is 6.73. The quantitative estimate of drug-likeness (QED) is 0.196. The van der Waals surface area contributed by atoms with E-state index in [1.807, 2.05) is 0 Å². The summed E-state index contributed by atoms with van der Waals surface area (Å²) in [6.45, 7) is 17.8. The minimum absolute atomic E-state index is 0. The van der Waals surface area contributed by atoms with Gasteiger partial charge in [0.15, 0.2) is 10.3 Å². The van der Waals surface area contributed by atoms with E-state index in [9.17, 15) is 0 Å². The second-order valence-electron chi connectivity index (χ2n) is 11.6. The molecule has 0 atom stereocenters. The molecule has 3 rings (SSSR count). The largest absolute Gasteiger partial charge is 0.456 e. The Morgan fingerprint density at radius 1 is 0.750 bits per heavy atom. The summed E-state index contributed by atoms with van der Waals surface area (Å²) in [5.74, 6) is 2.86. The van der Waals surface area contributed by atoms with Crippen LogP contribution in [0, 0.1) is 10.8 Å². The van der Waals surface area contributed by atoms with Gasteiger partial charge in [0.1, 0.15) is 11.5 Å². The van der Waals surface area contributed by atoms with Crippen LogP contribution in [-0.2, 0) is 27.8 Å². The molecule has 200 valence electrons. The fourth-order valence-electron chi connectivity index (χ4n) is 4.19. The van der Waals surface area contributed by atoms with E-state index in [-0.39, 0.29) is 60.5 Å². The van der Waals surface area contributed by atoms with Gasteiger partial charge in [-0.1, -0.05) is 103 Å². The third-order valence-corrected chi connectivity index (χ3v) is 7.91. The van der Waals surface area contributed by atoms with Gasteiger partial charge >= 0.3 is 0 Å². The minimum atomic E-state index is -0.295. The smallest absolute Gasteiger partial charge is 0.151 e. The van der Waals surface area contributed by atoms with Gasteiger partial charge in [-0.05, 0) is 22.0 Å². The average Bonchev–Trinajstić information content (AvgIpc) is 2.69. The van der Waals surface area contributed by atoms with Crippen LogP contribution in [0.5, 0.6) is 11.5 Å². The Balaban J connectivity index is 0.00000324. The van der Waals surface area contributed by atoms with Gasteiger partial charge in [0, 0.05) is 39.2 Å². The lowest BCUT2D eigenvalue weighted by Gasteiger charge is -2.39. The molecule has 6 N–H and O–H groups in total. The number of hydrogen-bond acceptors (Lipinski definition) is 5. The van der Waals surface area contributed by atoms with Crippen molar-refractivity contribution in [3.05, 3.63) is 57.6 Å². The molecule has 0 aromatic heterocycles. The lowest BCUT2D eigenvalue weighted by molar-refractivity contribution is 0.408. The number of thioether (sulfide) groups is 2. The Morgan fingerprint density at radius 3 is 1.36 bits per heavy atom. The number of halogens is 2. The predicted molar refractivity (Wildman–Crippen MR) is 170 cm³/mol. The maximum Gasteiger partial charge on any atom is 0.151 e. The third-order valence-electron chi connectivity index (χ3n) is 6.38. The summed E-state index contributed by atoms with van der Waals surface area (Å²) in [4.78, 5) is 0. The molecule has 0 unspecified atom stereocenters. The van der Waals surface area contributed by atoms with E-state index in [0.717, 1.165) is 33.8 Å². The molecule has 9 heteroatoms. The first-order valence-corrected chi connectivity index (χ1v) is 13.5. The van der Waals surface area contributed by atoms with Gasteiger partial charge in [0.2, 0.25) is 0 Å². The lowest BCUT2D eigenvalue weighted by atomic mass is 9.71. The van der Waals surface area contributed by atoms with Gasteiger partial charge in [0.05, 0.1) is 0 Å². The highest BCUT2D eigenvalue weighted by atomic mass is 79.9. The Labute approximate surface area is 245 Å². The Hall–Kier alpha value is -1.16. The number of amidine groups is 2. The first-order chi connectivity index (χ1) is 15.5. The molecule has 1 aliphatic heterocycles.